The number of Topliss-reactive ketones (excluding diaryl/α,β-unsaturated/α-hetero) is 1. The molecule has 1 rings (SSSR count). The van der Waals surface area contributed by atoms with Gasteiger partial charge in [0.25, 0.3) is 0 Å². The number of aryl methyl sites for hydroxylation is 1. The molecule has 1 aromatic carbocycles. The monoisotopic (exact) mass is 242 g/mol. The summed E-state index contributed by atoms with van der Waals surface area (Å²) in [4.78, 5) is 23.3. The van der Waals surface area contributed by atoms with Gasteiger partial charge in [-0.1, -0.05) is 43.0 Å². The normalized spacial score (nSPS) is 10.8. The van der Waals surface area contributed by atoms with Gasteiger partial charge in [-0.05, 0) is 19.1 Å². The van der Waals surface area contributed by atoms with E-state index in [9.17, 15) is 9.59 Å². The van der Waals surface area contributed by atoms with Gasteiger partial charge in [0.1, 0.15) is 0 Å². The van der Waals surface area contributed by atoms with Crippen molar-refractivity contribution < 1.29 is 14.7 Å². The number of carboxylic acid groups (broad SMARTS) is 1. The van der Waals surface area contributed by atoms with Gasteiger partial charge in [-0.2, -0.15) is 0 Å². The van der Waals surface area contributed by atoms with Crippen LogP contribution in [-0.4, -0.2) is 16.9 Å². The quantitative estimate of drug-likeness (QED) is 0.490. The molecule has 0 aliphatic carbocycles. The van der Waals surface area contributed by atoms with Gasteiger partial charge in [-0.25, -0.2) is 4.79 Å². The minimum Gasteiger partial charge on any atom is -0.478 e. The average Bonchev–Trinajstić information content (AvgIpc) is 2.35. The van der Waals surface area contributed by atoms with E-state index in [4.69, 9.17) is 5.11 Å². The van der Waals surface area contributed by atoms with Gasteiger partial charge < -0.3 is 5.11 Å². The Morgan fingerprint density at radius 1 is 1.22 bits per heavy atom. The molecule has 1 N–H and O–H groups in total. The Bertz CT molecular complexity index is 551. The number of rotatable bonds is 5. The van der Waals surface area contributed by atoms with Crippen LogP contribution >= 0.6 is 0 Å². The fourth-order valence-electron chi connectivity index (χ4n) is 1.55. The number of carbonyl (C=O) groups excluding carboxylic acids is 1. The lowest BCUT2D eigenvalue weighted by atomic mass is 9.96. The van der Waals surface area contributed by atoms with Crippen molar-refractivity contribution in [2.75, 3.05) is 0 Å². The molecule has 0 aliphatic heterocycles. The van der Waals surface area contributed by atoms with E-state index in [-0.39, 0.29) is 16.9 Å². The van der Waals surface area contributed by atoms with Crippen LogP contribution in [0.15, 0.2) is 55.2 Å². The Balaban J connectivity index is 3.37. The van der Waals surface area contributed by atoms with Crippen molar-refractivity contribution in [1.82, 2.24) is 0 Å². The molecule has 3 heteroatoms. The highest BCUT2D eigenvalue weighted by Gasteiger charge is 2.18. The maximum absolute atomic E-state index is 12.2. The number of carboxylic acids is 1. The molecule has 0 aliphatic rings. The van der Waals surface area contributed by atoms with Crippen LogP contribution in [0.2, 0.25) is 0 Å². The van der Waals surface area contributed by atoms with Crippen molar-refractivity contribution in [1.29, 1.82) is 0 Å². The molecule has 92 valence electrons. The molecule has 1 aromatic rings. The summed E-state index contributed by atoms with van der Waals surface area (Å²) < 4.78 is 0. The molecule has 3 nitrogen and oxygen atoms in total. The molecular formula is C15H14O3. The maximum atomic E-state index is 12.2. The van der Waals surface area contributed by atoms with Crippen LogP contribution < -0.4 is 0 Å². The lowest BCUT2D eigenvalue weighted by Gasteiger charge is -2.06. The first-order valence-corrected chi connectivity index (χ1v) is 5.35. The second-order valence-corrected chi connectivity index (χ2v) is 3.75. The second kappa shape index (κ2) is 5.77. The van der Waals surface area contributed by atoms with Crippen LogP contribution in [0.1, 0.15) is 26.3 Å². The highest BCUT2D eigenvalue weighted by atomic mass is 16.4. The van der Waals surface area contributed by atoms with Crippen molar-refractivity contribution in [3.8, 4) is 0 Å². The molecule has 0 aromatic heterocycles. The van der Waals surface area contributed by atoms with E-state index < -0.39 is 5.97 Å². The van der Waals surface area contributed by atoms with Crippen LogP contribution in [0.3, 0.4) is 0 Å². The molecule has 0 spiro atoms. The largest absolute Gasteiger partial charge is 0.478 e. The number of hydrogen-bond acceptors (Lipinski definition) is 2. The van der Waals surface area contributed by atoms with E-state index in [1.807, 2.05) is 0 Å². The zero-order chi connectivity index (χ0) is 13.7. The van der Waals surface area contributed by atoms with Crippen LogP contribution in [0.25, 0.3) is 0 Å². The van der Waals surface area contributed by atoms with E-state index in [2.05, 4.69) is 13.2 Å². The van der Waals surface area contributed by atoms with Crippen LogP contribution in [0.4, 0.5) is 0 Å². The van der Waals surface area contributed by atoms with Gasteiger partial charge in [0.2, 0.25) is 0 Å². The predicted octanol–water partition coefficient (Wildman–Crippen LogP) is 3.17. The van der Waals surface area contributed by atoms with E-state index in [0.717, 1.165) is 5.56 Å². The topological polar surface area (TPSA) is 54.4 Å². The molecule has 0 fully saturated rings. The molecule has 0 amide bonds. The molecule has 0 heterocycles. The van der Waals surface area contributed by atoms with E-state index >= 15 is 0 Å². The SMILES string of the molecule is C=C/C=C(\C=C)C(=O)c1ccc(C)cc1C(=O)O. The Kier molecular flexibility index (Phi) is 4.38. The molecule has 0 saturated heterocycles. The van der Waals surface area contributed by atoms with E-state index in [1.54, 1.807) is 13.0 Å². The summed E-state index contributed by atoms with van der Waals surface area (Å²) >= 11 is 0. The Morgan fingerprint density at radius 2 is 1.89 bits per heavy atom. The molecule has 0 radical (unpaired) electrons. The molecule has 0 saturated carbocycles. The molecule has 18 heavy (non-hydrogen) atoms. The standard InChI is InChI=1S/C15H14O3/c1-4-6-11(5-2)14(16)12-8-7-10(3)9-13(12)15(17)18/h4-9H,1-2H2,3H3,(H,17,18)/b11-6+. The lowest BCUT2D eigenvalue weighted by molar-refractivity contribution is 0.0692. The number of ketones is 1. The van der Waals surface area contributed by atoms with Crippen molar-refractivity contribution in [3.05, 3.63) is 71.8 Å². The van der Waals surface area contributed by atoms with Gasteiger partial charge in [0.15, 0.2) is 5.78 Å². The first kappa shape index (κ1) is 13.6. The first-order valence-electron chi connectivity index (χ1n) is 5.35. The summed E-state index contributed by atoms with van der Waals surface area (Å²) in [5, 5.41) is 9.11. The van der Waals surface area contributed by atoms with Gasteiger partial charge >= 0.3 is 5.97 Å². The Hall–Kier alpha value is -2.42. The summed E-state index contributed by atoms with van der Waals surface area (Å²) in [6.07, 6.45) is 4.35. The van der Waals surface area contributed by atoms with Crippen molar-refractivity contribution in [2.24, 2.45) is 0 Å². The Labute approximate surface area is 106 Å². The fourth-order valence-corrected chi connectivity index (χ4v) is 1.55. The number of aromatic carboxylic acids is 1. The average molecular weight is 242 g/mol. The third kappa shape index (κ3) is 2.83. The zero-order valence-corrected chi connectivity index (χ0v) is 10.1. The van der Waals surface area contributed by atoms with Gasteiger partial charge in [0, 0.05) is 11.1 Å². The second-order valence-electron chi connectivity index (χ2n) is 3.75. The third-order valence-electron chi connectivity index (χ3n) is 2.43. The summed E-state index contributed by atoms with van der Waals surface area (Å²) in [5.41, 5.74) is 1.26. The molecule has 0 bridgehead atoms. The number of hydrogen-bond donors (Lipinski definition) is 1. The summed E-state index contributed by atoms with van der Waals surface area (Å²) in [5.74, 6) is -1.49. The van der Waals surface area contributed by atoms with Crippen molar-refractivity contribution in [2.45, 2.75) is 6.92 Å². The predicted molar refractivity (Wildman–Crippen MR) is 70.9 cm³/mol. The fraction of sp³-hybridized carbons (Fsp3) is 0.0667. The zero-order valence-electron chi connectivity index (χ0n) is 10.1. The molecule has 0 atom stereocenters. The Morgan fingerprint density at radius 3 is 2.39 bits per heavy atom. The van der Waals surface area contributed by atoms with Crippen molar-refractivity contribution in [3.63, 3.8) is 0 Å². The minimum absolute atomic E-state index is 0.00295. The third-order valence-corrected chi connectivity index (χ3v) is 2.43. The first-order chi connectivity index (χ1) is 8.51. The lowest BCUT2D eigenvalue weighted by Crippen LogP contribution is -2.10. The number of allylic oxidation sites excluding steroid dienone is 4. The van der Waals surface area contributed by atoms with Gasteiger partial charge in [-0.3, -0.25) is 4.79 Å². The number of carbonyl (C=O) groups is 2. The van der Waals surface area contributed by atoms with Crippen LogP contribution in [-0.2, 0) is 0 Å². The van der Waals surface area contributed by atoms with Crippen LogP contribution in [0, 0.1) is 6.92 Å². The minimum atomic E-state index is -1.12. The molecular weight excluding hydrogens is 228 g/mol. The highest BCUT2D eigenvalue weighted by Crippen LogP contribution is 2.17. The highest BCUT2D eigenvalue weighted by molar-refractivity contribution is 6.15. The summed E-state index contributed by atoms with van der Waals surface area (Å²) in [6.45, 7) is 8.81. The van der Waals surface area contributed by atoms with Gasteiger partial charge in [-0.15, -0.1) is 0 Å². The number of benzene rings is 1. The summed E-state index contributed by atoms with van der Waals surface area (Å²) in [7, 11) is 0. The maximum Gasteiger partial charge on any atom is 0.336 e. The smallest absolute Gasteiger partial charge is 0.336 e. The van der Waals surface area contributed by atoms with Crippen LogP contribution in [0.5, 0.6) is 0 Å². The van der Waals surface area contributed by atoms with Crippen molar-refractivity contribution >= 4 is 11.8 Å². The summed E-state index contributed by atoms with van der Waals surface area (Å²) in [6, 6.07) is 4.69. The molecule has 0 unspecified atom stereocenters. The van der Waals surface area contributed by atoms with E-state index in [1.165, 1.54) is 30.4 Å². The van der Waals surface area contributed by atoms with E-state index in [0.29, 0.717) is 5.57 Å². The van der Waals surface area contributed by atoms with Gasteiger partial charge in [0.05, 0.1) is 5.56 Å².